The van der Waals surface area contributed by atoms with Gasteiger partial charge in [0.2, 0.25) is 0 Å². The van der Waals surface area contributed by atoms with Crippen LogP contribution < -0.4 is 9.52 Å². The Morgan fingerprint density at radius 3 is 2.21 bits per heavy atom. The lowest BCUT2D eigenvalue weighted by molar-refractivity contribution is -0.143. The number of amides is 1. The Labute approximate surface area is 229 Å². The van der Waals surface area contributed by atoms with Crippen molar-refractivity contribution in [3.8, 4) is 0 Å². The number of thiazole rings is 1. The number of fused-ring (bicyclic) bond motifs is 1. The topological polar surface area (TPSA) is 141 Å². The van der Waals surface area contributed by atoms with Crippen molar-refractivity contribution in [3.05, 3.63) is 82.7 Å². The number of sulfone groups is 1. The minimum atomic E-state index is -3.81. The molecule has 0 unspecified atom stereocenters. The molecule has 0 spiro atoms. The highest BCUT2D eigenvalue weighted by molar-refractivity contribution is 7.92. The van der Waals surface area contributed by atoms with E-state index in [1.165, 1.54) is 53.1 Å². The van der Waals surface area contributed by atoms with E-state index < -0.39 is 31.7 Å². The van der Waals surface area contributed by atoms with Crippen LogP contribution in [-0.4, -0.2) is 46.1 Å². The summed E-state index contributed by atoms with van der Waals surface area (Å²) < 4.78 is 58.8. The summed E-state index contributed by atoms with van der Waals surface area (Å²) in [4.78, 5) is 29.8. The van der Waals surface area contributed by atoms with Crippen molar-refractivity contribution < 1.29 is 31.2 Å². The first-order chi connectivity index (χ1) is 18.4. The summed E-state index contributed by atoms with van der Waals surface area (Å²) in [7, 11) is -7.28. The van der Waals surface area contributed by atoms with Gasteiger partial charge in [-0.1, -0.05) is 29.0 Å². The second kappa shape index (κ2) is 11.1. The largest absolute Gasteiger partial charge is 0.465 e. The van der Waals surface area contributed by atoms with Crippen LogP contribution in [0.1, 0.15) is 22.8 Å². The SMILES string of the molecule is CCOC(=O)Cn1c(=NC(=O)c2ccc(NS(=O)(=O)c3ccc(C)cc3)cc2)sc2cc(S(C)(=O)=O)ccc21. The standard InChI is InChI=1S/C26H25N3O7S3/c1-4-36-24(30)16-29-22-14-13-21(38(3,32)33)15-23(22)37-26(29)27-25(31)18-7-9-19(10-8-18)28-39(34,35)20-11-5-17(2)6-12-20/h5-15,28H,4,16H2,1-3H3. The number of sulfonamides is 1. The number of carbonyl (C=O) groups excluding carboxylic acids is 2. The average molecular weight is 588 g/mol. The quantitative estimate of drug-likeness (QED) is 0.311. The van der Waals surface area contributed by atoms with E-state index >= 15 is 0 Å². The lowest BCUT2D eigenvalue weighted by Gasteiger charge is -2.08. The van der Waals surface area contributed by atoms with Crippen LogP contribution >= 0.6 is 11.3 Å². The smallest absolute Gasteiger partial charge is 0.326 e. The van der Waals surface area contributed by atoms with Gasteiger partial charge in [0.05, 0.1) is 26.6 Å². The summed E-state index contributed by atoms with van der Waals surface area (Å²) in [5.74, 6) is -1.17. The summed E-state index contributed by atoms with van der Waals surface area (Å²) in [6.45, 7) is 3.48. The number of nitrogens with one attached hydrogen (secondary N) is 1. The van der Waals surface area contributed by atoms with Crippen molar-refractivity contribution in [3.63, 3.8) is 0 Å². The van der Waals surface area contributed by atoms with Gasteiger partial charge in [-0.3, -0.25) is 14.3 Å². The molecule has 0 aliphatic carbocycles. The molecule has 0 atom stereocenters. The second-order valence-electron chi connectivity index (χ2n) is 8.59. The minimum Gasteiger partial charge on any atom is -0.465 e. The van der Waals surface area contributed by atoms with Gasteiger partial charge in [0, 0.05) is 17.5 Å². The Kier molecular flexibility index (Phi) is 8.04. The molecule has 3 aromatic carbocycles. The summed E-state index contributed by atoms with van der Waals surface area (Å²) >= 11 is 1.06. The summed E-state index contributed by atoms with van der Waals surface area (Å²) in [6, 6.07) is 16.6. The third kappa shape index (κ3) is 6.61. The van der Waals surface area contributed by atoms with E-state index in [-0.39, 0.29) is 39.0 Å². The first-order valence-corrected chi connectivity index (χ1v) is 15.8. The number of nitrogens with zero attached hydrogens (tertiary/aromatic N) is 2. The molecular weight excluding hydrogens is 563 g/mol. The van der Waals surface area contributed by atoms with E-state index in [9.17, 15) is 26.4 Å². The van der Waals surface area contributed by atoms with Gasteiger partial charge in [0.15, 0.2) is 14.6 Å². The normalized spacial score (nSPS) is 12.4. The van der Waals surface area contributed by atoms with Crippen molar-refractivity contribution >= 4 is 59.0 Å². The fourth-order valence-electron chi connectivity index (χ4n) is 3.62. The highest BCUT2D eigenvalue weighted by Crippen LogP contribution is 2.23. The zero-order valence-corrected chi connectivity index (χ0v) is 23.7. The summed E-state index contributed by atoms with van der Waals surface area (Å²) in [5, 5.41) is 0. The zero-order valence-electron chi connectivity index (χ0n) is 21.2. The summed E-state index contributed by atoms with van der Waals surface area (Å²) in [5.41, 5.74) is 1.90. The van der Waals surface area contributed by atoms with Gasteiger partial charge in [0.25, 0.3) is 15.9 Å². The van der Waals surface area contributed by atoms with Crippen LogP contribution in [0.15, 0.2) is 81.5 Å². The highest BCUT2D eigenvalue weighted by Gasteiger charge is 2.17. The van der Waals surface area contributed by atoms with Crippen molar-refractivity contribution in [1.82, 2.24) is 4.57 Å². The Morgan fingerprint density at radius 2 is 1.59 bits per heavy atom. The molecule has 204 valence electrons. The Hall–Kier alpha value is -3.81. The molecule has 4 rings (SSSR count). The molecule has 0 bridgehead atoms. The van der Waals surface area contributed by atoms with Crippen LogP contribution in [0.2, 0.25) is 0 Å². The van der Waals surface area contributed by atoms with Crippen LogP contribution in [-0.2, 0) is 35.9 Å². The lowest BCUT2D eigenvalue weighted by Crippen LogP contribution is -2.23. The number of carbonyl (C=O) groups is 2. The van der Waals surface area contributed by atoms with Gasteiger partial charge < -0.3 is 9.30 Å². The lowest BCUT2D eigenvalue weighted by atomic mass is 10.2. The van der Waals surface area contributed by atoms with Gasteiger partial charge in [-0.2, -0.15) is 4.99 Å². The first-order valence-electron chi connectivity index (χ1n) is 11.6. The van der Waals surface area contributed by atoms with E-state index in [0.717, 1.165) is 23.2 Å². The Morgan fingerprint density at radius 1 is 0.949 bits per heavy atom. The van der Waals surface area contributed by atoms with Gasteiger partial charge in [-0.15, -0.1) is 0 Å². The van der Waals surface area contributed by atoms with Crippen LogP contribution in [0.5, 0.6) is 0 Å². The van der Waals surface area contributed by atoms with Crippen molar-refractivity contribution in [2.24, 2.45) is 4.99 Å². The zero-order chi connectivity index (χ0) is 28.4. The fourth-order valence-corrected chi connectivity index (χ4v) is 6.47. The third-order valence-electron chi connectivity index (χ3n) is 5.59. The van der Waals surface area contributed by atoms with Gasteiger partial charge in [0.1, 0.15) is 6.54 Å². The highest BCUT2D eigenvalue weighted by atomic mass is 32.2. The maximum Gasteiger partial charge on any atom is 0.326 e. The first kappa shape index (κ1) is 28.2. The Bertz CT molecular complexity index is 1840. The van der Waals surface area contributed by atoms with Crippen LogP contribution in [0.3, 0.4) is 0 Å². The van der Waals surface area contributed by atoms with E-state index in [1.54, 1.807) is 25.1 Å². The number of ether oxygens (including phenoxy) is 1. The monoisotopic (exact) mass is 587 g/mol. The second-order valence-corrected chi connectivity index (χ2v) is 13.3. The molecule has 0 saturated carbocycles. The van der Waals surface area contributed by atoms with Crippen molar-refractivity contribution in [1.29, 1.82) is 0 Å². The number of rotatable bonds is 8. The van der Waals surface area contributed by atoms with Crippen LogP contribution in [0.4, 0.5) is 5.69 Å². The maximum atomic E-state index is 13.0. The molecule has 13 heteroatoms. The number of hydrogen-bond acceptors (Lipinski definition) is 8. The molecular formula is C26H25N3O7S3. The molecule has 39 heavy (non-hydrogen) atoms. The predicted molar refractivity (Wildman–Crippen MR) is 148 cm³/mol. The molecule has 0 radical (unpaired) electrons. The molecule has 10 nitrogen and oxygen atoms in total. The van der Waals surface area contributed by atoms with Crippen LogP contribution in [0.25, 0.3) is 10.2 Å². The molecule has 1 heterocycles. The molecule has 4 aromatic rings. The average Bonchev–Trinajstić information content (AvgIpc) is 3.20. The van der Waals surface area contributed by atoms with Gasteiger partial charge >= 0.3 is 5.97 Å². The fraction of sp³-hybridized carbons (Fsp3) is 0.192. The molecule has 1 amide bonds. The molecule has 1 aromatic heterocycles. The number of esters is 1. The number of aromatic nitrogens is 1. The van der Waals surface area contributed by atoms with E-state index in [1.807, 2.05) is 6.92 Å². The van der Waals surface area contributed by atoms with Crippen molar-refractivity contribution in [2.45, 2.75) is 30.2 Å². The number of aryl methyl sites for hydroxylation is 1. The van der Waals surface area contributed by atoms with Crippen molar-refractivity contribution in [2.75, 3.05) is 17.6 Å². The maximum absolute atomic E-state index is 13.0. The Balaban J connectivity index is 1.66. The molecule has 0 aliphatic rings. The minimum absolute atomic E-state index is 0.0982. The third-order valence-corrected chi connectivity index (χ3v) is 9.14. The number of benzene rings is 3. The van der Waals surface area contributed by atoms with E-state index in [2.05, 4.69) is 9.71 Å². The van der Waals surface area contributed by atoms with Gasteiger partial charge in [-0.05, 0) is 68.4 Å². The van der Waals surface area contributed by atoms with E-state index in [4.69, 9.17) is 4.74 Å². The molecule has 0 aliphatic heterocycles. The van der Waals surface area contributed by atoms with Crippen LogP contribution in [0, 0.1) is 6.92 Å². The number of hydrogen-bond donors (Lipinski definition) is 1. The van der Waals surface area contributed by atoms with Gasteiger partial charge in [-0.25, -0.2) is 16.8 Å². The molecule has 1 N–H and O–H groups in total. The number of anilines is 1. The van der Waals surface area contributed by atoms with E-state index in [0.29, 0.717) is 10.2 Å². The molecule has 0 fully saturated rings. The summed E-state index contributed by atoms with van der Waals surface area (Å²) in [6.07, 6.45) is 1.09. The predicted octanol–water partition coefficient (Wildman–Crippen LogP) is 3.52. The molecule has 0 saturated heterocycles.